The molecule has 0 aromatic heterocycles. The van der Waals surface area contributed by atoms with E-state index in [0.29, 0.717) is 12.1 Å². The zero-order chi connectivity index (χ0) is 31.1. The Hall–Kier alpha value is -3.69. The lowest BCUT2D eigenvalue weighted by molar-refractivity contribution is -0.140. The zero-order valence-corrected chi connectivity index (χ0v) is 26.7. The molecule has 1 N–H and O–H groups in total. The van der Waals surface area contributed by atoms with Gasteiger partial charge in [-0.05, 0) is 61.9 Å². The molecule has 0 saturated heterocycles. The number of aryl methyl sites for hydroxylation is 3. The Labute approximate surface area is 256 Å². The Balaban J connectivity index is 1.77. The molecule has 2 amide bonds. The normalized spacial score (nSPS) is 14.5. The number of benzene rings is 3. The van der Waals surface area contributed by atoms with E-state index in [1.807, 2.05) is 87.5 Å². The van der Waals surface area contributed by atoms with E-state index in [-0.39, 0.29) is 18.5 Å². The molecule has 230 valence electrons. The zero-order valence-electron chi connectivity index (χ0n) is 25.9. The molecule has 8 nitrogen and oxygen atoms in total. The van der Waals surface area contributed by atoms with Gasteiger partial charge >= 0.3 is 10.2 Å². The monoisotopic (exact) mass is 604 g/mol. The second-order valence-corrected chi connectivity index (χ2v) is 13.9. The summed E-state index contributed by atoms with van der Waals surface area (Å²) in [5, 5.41) is 3.21. The Morgan fingerprint density at radius 2 is 1.49 bits per heavy atom. The standard InChI is InChI=1S/C34H44N4O4S/c1-25-16-19-29(20-17-25)23-37(32(22-28-11-7-6-8-12-28)34(40)35-30-13-9-10-14-30)33(39)24-38(43(41,42)36(4)5)31-21-26(2)15-18-27(31)3/h6-8,11-12,15-21,30,32H,9-10,13-14,22-24H2,1-5H3,(H,35,40). The molecule has 3 aromatic carbocycles. The van der Waals surface area contributed by atoms with Crippen LogP contribution in [0, 0.1) is 20.8 Å². The molecule has 0 bridgehead atoms. The van der Waals surface area contributed by atoms with E-state index in [9.17, 15) is 18.0 Å². The highest BCUT2D eigenvalue weighted by atomic mass is 32.2. The summed E-state index contributed by atoms with van der Waals surface area (Å²) in [5.74, 6) is -0.667. The Kier molecular flexibility index (Phi) is 10.6. The van der Waals surface area contributed by atoms with Crippen LogP contribution < -0.4 is 9.62 Å². The van der Waals surface area contributed by atoms with Crippen molar-refractivity contribution in [1.29, 1.82) is 0 Å². The van der Waals surface area contributed by atoms with Crippen LogP contribution in [0.3, 0.4) is 0 Å². The maximum absolute atomic E-state index is 14.5. The summed E-state index contributed by atoms with van der Waals surface area (Å²) < 4.78 is 29.6. The van der Waals surface area contributed by atoms with Crippen molar-refractivity contribution in [2.75, 3.05) is 24.9 Å². The molecular weight excluding hydrogens is 560 g/mol. The average molecular weight is 605 g/mol. The van der Waals surface area contributed by atoms with Gasteiger partial charge in [0.2, 0.25) is 11.8 Å². The third-order valence-corrected chi connectivity index (χ3v) is 9.90. The summed E-state index contributed by atoms with van der Waals surface area (Å²) in [4.78, 5) is 30.0. The minimum Gasteiger partial charge on any atom is -0.352 e. The van der Waals surface area contributed by atoms with Crippen molar-refractivity contribution in [1.82, 2.24) is 14.5 Å². The van der Waals surface area contributed by atoms with Crippen molar-refractivity contribution >= 4 is 27.7 Å². The number of hydrogen-bond donors (Lipinski definition) is 1. The molecule has 0 aliphatic heterocycles. The quantitative estimate of drug-likeness (QED) is 0.318. The van der Waals surface area contributed by atoms with Gasteiger partial charge in [-0.15, -0.1) is 0 Å². The number of amides is 2. The summed E-state index contributed by atoms with van der Waals surface area (Å²) in [5.41, 5.74) is 4.91. The lowest BCUT2D eigenvalue weighted by Gasteiger charge is -2.35. The van der Waals surface area contributed by atoms with Gasteiger partial charge in [-0.1, -0.05) is 85.1 Å². The number of hydrogen-bond acceptors (Lipinski definition) is 4. The molecule has 0 radical (unpaired) electrons. The van der Waals surface area contributed by atoms with Gasteiger partial charge in [-0.2, -0.15) is 12.7 Å². The van der Waals surface area contributed by atoms with E-state index in [2.05, 4.69) is 5.32 Å². The third kappa shape index (κ3) is 8.24. The van der Waals surface area contributed by atoms with E-state index in [1.165, 1.54) is 14.1 Å². The molecule has 43 heavy (non-hydrogen) atoms. The highest BCUT2D eigenvalue weighted by Crippen LogP contribution is 2.27. The van der Waals surface area contributed by atoms with Gasteiger partial charge in [0.25, 0.3) is 0 Å². The molecule has 1 aliphatic rings. The minimum atomic E-state index is -4.04. The van der Waals surface area contributed by atoms with Crippen molar-refractivity contribution < 1.29 is 18.0 Å². The van der Waals surface area contributed by atoms with Crippen LogP contribution in [0.25, 0.3) is 0 Å². The minimum absolute atomic E-state index is 0.0719. The Bertz CT molecular complexity index is 1500. The van der Waals surface area contributed by atoms with Gasteiger partial charge in [-0.25, -0.2) is 4.31 Å². The van der Waals surface area contributed by atoms with Gasteiger partial charge in [-0.3, -0.25) is 9.59 Å². The van der Waals surface area contributed by atoms with Crippen LogP contribution in [0.4, 0.5) is 5.69 Å². The van der Waals surface area contributed by atoms with Gasteiger partial charge < -0.3 is 10.2 Å². The topological polar surface area (TPSA) is 90.0 Å². The number of anilines is 1. The first kappa shape index (κ1) is 32.2. The van der Waals surface area contributed by atoms with Gasteiger partial charge in [0.1, 0.15) is 12.6 Å². The molecule has 0 heterocycles. The fraction of sp³-hybridized carbons (Fsp3) is 0.412. The van der Waals surface area contributed by atoms with Crippen LogP contribution in [0.1, 0.15) is 53.5 Å². The van der Waals surface area contributed by atoms with Crippen molar-refractivity contribution in [2.45, 2.75) is 71.5 Å². The molecule has 9 heteroatoms. The maximum Gasteiger partial charge on any atom is 0.304 e. The van der Waals surface area contributed by atoms with E-state index in [0.717, 1.165) is 62.1 Å². The van der Waals surface area contributed by atoms with E-state index < -0.39 is 28.7 Å². The third-order valence-electron chi connectivity index (χ3n) is 8.10. The fourth-order valence-electron chi connectivity index (χ4n) is 5.50. The highest BCUT2D eigenvalue weighted by molar-refractivity contribution is 7.90. The predicted octanol–water partition coefficient (Wildman–Crippen LogP) is 4.92. The molecule has 4 rings (SSSR count). The smallest absolute Gasteiger partial charge is 0.304 e. The van der Waals surface area contributed by atoms with Crippen molar-refractivity contribution in [2.24, 2.45) is 0 Å². The fourth-order valence-corrected chi connectivity index (χ4v) is 6.61. The largest absolute Gasteiger partial charge is 0.352 e. The van der Waals surface area contributed by atoms with Crippen LogP contribution in [0.5, 0.6) is 0 Å². The van der Waals surface area contributed by atoms with Crippen LogP contribution in [0.15, 0.2) is 72.8 Å². The summed E-state index contributed by atoms with van der Waals surface area (Å²) in [6.07, 6.45) is 4.26. The average Bonchev–Trinajstić information content (AvgIpc) is 3.49. The van der Waals surface area contributed by atoms with Gasteiger partial charge in [0.15, 0.2) is 0 Å². The first-order chi connectivity index (χ1) is 20.5. The first-order valence-electron chi connectivity index (χ1n) is 14.9. The lowest BCUT2D eigenvalue weighted by Crippen LogP contribution is -2.55. The maximum atomic E-state index is 14.5. The second kappa shape index (κ2) is 14.2. The van der Waals surface area contributed by atoms with E-state index in [1.54, 1.807) is 11.0 Å². The number of carbonyl (C=O) groups excluding carboxylic acids is 2. The second-order valence-electron chi connectivity index (χ2n) is 11.8. The van der Waals surface area contributed by atoms with Gasteiger partial charge in [0, 0.05) is 33.1 Å². The number of carbonyl (C=O) groups is 2. The molecule has 3 aromatic rings. The van der Waals surface area contributed by atoms with Crippen molar-refractivity contribution in [3.05, 3.63) is 101 Å². The highest BCUT2D eigenvalue weighted by Gasteiger charge is 2.36. The number of rotatable bonds is 12. The molecular formula is C34H44N4O4S. The van der Waals surface area contributed by atoms with Crippen molar-refractivity contribution in [3.8, 4) is 0 Å². The SMILES string of the molecule is Cc1ccc(CN(C(=O)CN(c2cc(C)ccc2C)S(=O)(=O)N(C)C)C(Cc2ccccc2)C(=O)NC2CCCC2)cc1. The van der Waals surface area contributed by atoms with Crippen LogP contribution in [-0.2, 0) is 32.8 Å². The summed E-state index contributed by atoms with van der Waals surface area (Å²) >= 11 is 0. The van der Waals surface area contributed by atoms with Crippen LogP contribution in [-0.4, -0.2) is 62.2 Å². The summed E-state index contributed by atoms with van der Waals surface area (Å²) in [6.45, 7) is 5.43. The summed E-state index contributed by atoms with van der Waals surface area (Å²) in [7, 11) is -1.14. The number of nitrogens with zero attached hydrogens (tertiary/aromatic N) is 3. The van der Waals surface area contributed by atoms with Crippen molar-refractivity contribution in [3.63, 3.8) is 0 Å². The lowest BCUT2D eigenvalue weighted by atomic mass is 10.0. The molecule has 1 fully saturated rings. The van der Waals surface area contributed by atoms with Crippen LogP contribution in [0.2, 0.25) is 0 Å². The molecule has 1 aliphatic carbocycles. The number of nitrogens with one attached hydrogen (secondary N) is 1. The van der Waals surface area contributed by atoms with E-state index in [4.69, 9.17) is 0 Å². The van der Waals surface area contributed by atoms with Gasteiger partial charge in [0.05, 0.1) is 5.69 Å². The molecule has 1 unspecified atom stereocenters. The Morgan fingerprint density at radius 1 is 0.860 bits per heavy atom. The molecule has 1 atom stereocenters. The predicted molar refractivity (Wildman–Crippen MR) is 172 cm³/mol. The van der Waals surface area contributed by atoms with E-state index >= 15 is 0 Å². The Morgan fingerprint density at radius 3 is 2.12 bits per heavy atom. The van der Waals surface area contributed by atoms with Crippen LogP contribution >= 0.6 is 0 Å². The molecule has 0 spiro atoms. The summed E-state index contributed by atoms with van der Waals surface area (Å²) in [6, 6.07) is 22.3. The first-order valence-corrected chi connectivity index (χ1v) is 16.3. The molecule has 1 saturated carbocycles.